The summed E-state index contributed by atoms with van der Waals surface area (Å²) in [6.07, 6.45) is 3.47. The second-order valence-electron chi connectivity index (χ2n) is 5.15. The van der Waals surface area contributed by atoms with Gasteiger partial charge in [-0.2, -0.15) is 0 Å². The van der Waals surface area contributed by atoms with Gasteiger partial charge in [0.2, 0.25) is 5.91 Å². The molecule has 0 bridgehead atoms. The number of fused-ring (bicyclic) bond motifs is 1. The summed E-state index contributed by atoms with van der Waals surface area (Å²) in [4.78, 5) is 24.0. The highest BCUT2D eigenvalue weighted by Crippen LogP contribution is 2.17. The molecule has 2 amide bonds. The number of amides is 2. The molecule has 0 saturated heterocycles. The van der Waals surface area contributed by atoms with Gasteiger partial charge in [0.25, 0.3) is 5.91 Å². The molecule has 0 saturated carbocycles. The molecule has 0 spiro atoms. The van der Waals surface area contributed by atoms with E-state index in [9.17, 15) is 9.59 Å². The molecule has 0 aromatic heterocycles. The van der Waals surface area contributed by atoms with Crippen molar-refractivity contribution in [1.29, 1.82) is 0 Å². The Morgan fingerprint density at radius 3 is 2.45 bits per heavy atom. The molecule has 0 aliphatic carbocycles. The number of carbonyl (C=O) groups is 2. The standard InChI is InChI=1S/C18H16N2O2/c21-17(11-10-14-6-2-1-3-7-14)19-20-13-16-9-5-4-8-15(16)12-18(20)22/h1-11H,12-13H2,(H,19,21). The minimum Gasteiger partial charge on any atom is -0.273 e. The van der Waals surface area contributed by atoms with Gasteiger partial charge in [-0.3, -0.25) is 15.0 Å². The molecule has 4 nitrogen and oxygen atoms in total. The Kier molecular flexibility index (Phi) is 4.01. The molecule has 1 N–H and O–H groups in total. The molecule has 0 unspecified atom stereocenters. The molecule has 0 radical (unpaired) electrons. The van der Waals surface area contributed by atoms with Gasteiger partial charge in [0.15, 0.2) is 0 Å². The van der Waals surface area contributed by atoms with Crippen molar-refractivity contribution in [3.63, 3.8) is 0 Å². The van der Waals surface area contributed by atoms with Crippen molar-refractivity contribution in [3.05, 3.63) is 77.4 Å². The fourth-order valence-corrected chi connectivity index (χ4v) is 2.41. The Labute approximate surface area is 129 Å². The van der Waals surface area contributed by atoms with Gasteiger partial charge < -0.3 is 0 Å². The molecule has 22 heavy (non-hydrogen) atoms. The summed E-state index contributed by atoms with van der Waals surface area (Å²) in [7, 11) is 0. The number of nitrogens with zero attached hydrogens (tertiary/aromatic N) is 1. The molecule has 1 heterocycles. The van der Waals surface area contributed by atoms with Gasteiger partial charge >= 0.3 is 0 Å². The van der Waals surface area contributed by atoms with Crippen molar-refractivity contribution in [2.24, 2.45) is 0 Å². The highest BCUT2D eigenvalue weighted by atomic mass is 16.2. The van der Waals surface area contributed by atoms with Crippen LogP contribution in [0, 0.1) is 0 Å². The van der Waals surface area contributed by atoms with Gasteiger partial charge in [0, 0.05) is 6.08 Å². The molecule has 0 atom stereocenters. The van der Waals surface area contributed by atoms with Crippen LogP contribution in [0.15, 0.2) is 60.7 Å². The number of hydrogen-bond donors (Lipinski definition) is 1. The van der Waals surface area contributed by atoms with E-state index in [0.717, 1.165) is 16.7 Å². The normalized spacial score (nSPS) is 14.0. The van der Waals surface area contributed by atoms with E-state index in [1.165, 1.54) is 11.1 Å². The van der Waals surface area contributed by atoms with E-state index in [4.69, 9.17) is 0 Å². The summed E-state index contributed by atoms with van der Waals surface area (Å²) >= 11 is 0. The monoisotopic (exact) mass is 292 g/mol. The van der Waals surface area contributed by atoms with Crippen molar-refractivity contribution in [1.82, 2.24) is 10.4 Å². The average molecular weight is 292 g/mol. The van der Waals surface area contributed by atoms with Crippen LogP contribution in [0.1, 0.15) is 16.7 Å². The molecule has 3 rings (SSSR count). The van der Waals surface area contributed by atoms with Crippen molar-refractivity contribution < 1.29 is 9.59 Å². The van der Waals surface area contributed by atoms with E-state index >= 15 is 0 Å². The van der Waals surface area contributed by atoms with Crippen molar-refractivity contribution in [2.45, 2.75) is 13.0 Å². The van der Waals surface area contributed by atoms with Gasteiger partial charge in [0.05, 0.1) is 13.0 Å². The molecule has 2 aromatic rings. The molecule has 1 aliphatic heterocycles. The lowest BCUT2D eigenvalue weighted by Crippen LogP contribution is -2.48. The molecule has 2 aromatic carbocycles. The molecule has 110 valence electrons. The van der Waals surface area contributed by atoms with Gasteiger partial charge in [-0.1, -0.05) is 54.6 Å². The predicted octanol–water partition coefficient (Wildman–Crippen LogP) is 2.32. The van der Waals surface area contributed by atoms with Crippen molar-refractivity contribution >= 4 is 17.9 Å². The van der Waals surface area contributed by atoms with Crippen molar-refractivity contribution in [2.75, 3.05) is 0 Å². The van der Waals surface area contributed by atoms with Crippen molar-refractivity contribution in [3.8, 4) is 0 Å². The smallest absolute Gasteiger partial charge is 0.262 e. The summed E-state index contributed by atoms with van der Waals surface area (Å²) in [5.74, 6) is -0.406. The Bertz CT molecular complexity index is 723. The maximum absolute atomic E-state index is 12.1. The van der Waals surface area contributed by atoms with Gasteiger partial charge in [0.1, 0.15) is 0 Å². The fourth-order valence-electron chi connectivity index (χ4n) is 2.41. The average Bonchev–Trinajstić information content (AvgIpc) is 2.55. The van der Waals surface area contributed by atoms with Crippen LogP contribution >= 0.6 is 0 Å². The van der Waals surface area contributed by atoms with E-state index in [-0.39, 0.29) is 11.8 Å². The zero-order valence-electron chi connectivity index (χ0n) is 12.0. The molecular weight excluding hydrogens is 276 g/mol. The van der Waals surface area contributed by atoms with Crippen LogP contribution < -0.4 is 5.43 Å². The summed E-state index contributed by atoms with van der Waals surface area (Å²) < 4.78 is 0. The minimum absolute atomic E-state index is 0.0971. The van der Waals surface area contributed by atoms with Crippen LogP contribution in [0.5, 0.6) is 0 Å². The van der Waals surface area contributed by atoms with Crippen LogP contribution in [0.25, 0.3) is 6.08 Å². The molecular formula is C18H16N2O2. The third-order valence-electron chi connectivity index (χ3n) is 3.56. The van der Waals surface area contributed by atoms with Crippen LogP contribution in [0.3, 0.4) is 0 Å². The summed E-state index contributed by atoms with van der Waals surface area (Å²) in [5, 5.41) is 1.38. The number of hydrazine groups is 1. The first-order valence-electron chi connectivity index (χ1n) is 7.13. The first-order valence-corrected chi connectivity index (χ1v) is 7.13. The second kappa shape index (κ2) is 6.26. The summed E-state index contributed by atoms with van der Waals surface area (Å²) in [5.41, 5.74) is 5.67. The van der Waals surface area contributed by atoms with Crippen LogP contribution in [0.2, 0.25) is 0 Å². The van der Waals surface area contributed by atoms with Crippen LogP contribution in [-0.2, 0) is 22.6 Å². The predicted molar refractivity (Wildman–Crippen MR) is 84.3 cm³/mol. The van der Waals surface area contributed by atoms with E-state index in [0.29, 0.717) is 13.0 Å². The maximum atomic E-state index is 12.1. The first kappa shape index (κ1) is 14.1. The Hall–Kier alpha value is -2.88. The molecule has 4 heteroatoms. The second-order valence-corrected chi connectivity index (χ2v) is 5.15. The lowest BCUT2D eigenvalue weighted by atomic mass is 10.0. The number of benzene rings is 2. The van der Waals surface area contributed by atoms with Gasteiger partial charge in [-0.15, -0.1) is 0 Å². The number of nitrogens with one attached hydrogen (secondary N) is 1. The van der Waals surface area contributed by atoms with E-state index in [1.807, 2.05) is 54.6 Å². The zero-order chi connectivity index (χ0) is 15.4. The van der Waals surface area contributed by atoms with E-state index in [1.54, 1.807) is 6.08 Å². The fraction of sp³-hybridized carbons (Fsp3) is 0.111. The van der Waals surface area contributed by atoms with E-state index < -0.39 is 0 Å². The molecule has 0 fully saturated rings. The molecule has 1 aliphatic rings. The minimum atomic E-state index is -0.309. The Balaban J connectivity index is 1.65. The topological polar surface area (TPSA) is 49.4 Å². The van der Waals surface area contributed by atoms with E-state index in [2.05, 4.69) is 5.43 Å². The quantitative estimate of drug-likeness (QED) is 0.883. The third kappa shape index (κ3) is 3.23. The van der Waals surface area contributed by atoms with Gasteiger partial charge in [-0.05, 0) is 22.8 Å². The number of carbonyl (C=O) groups excluding carboxylic acids is 2. The van der Waals surface area contributed by atoms with Crippen LogP contribution in [0.4, 0.5) is 0 Å². The number of rotatable bonds is 3. The summed E-state index contributed by atoms with van der Waals surface area (Å²) in [6.45, 7) is 0.403. The lowest BCUT2D eigenvalue weighted by Gasteiger charge is -2.28. The Morgan fingerprint density at radius 2 is 1.68 bits per heavy atom. The SMILES string of the molecule is O=C(C=Cc1ccccc1)NN1Cc2ccccc2CC1=O. The zero-order valence-corrected chi connectivity index (χ0v) is 12.0. The summed E-state index contributed by atoms with van der Waals surface area (Å²) in [6, 6.07) is 17.3. The maximum Gasteiger partial charge on any atom is 0.262 e. The lowest BCUT2D eigenvalue weighted by molar-refractivity contribution is -0.140. The van der Waals surface area contributed by atoms with Gasteiger partial charge in [-0.25, -0.2) is 5.01 Å². The highest BCUT2D eigenvalue weighted by molar-refractivity contribution is 5.93. The largest absolute Gasteiger partial charge is 0.273 e. The third-order valence-corrected chi connectivity index (χ3v) is 3.56. The Morgan fingerprint density at radius 1 is 1.00 bits per heavy atom. The van der Waals surface area contributed by atoms with Crippen LogP contribution in [-0.4, -0.2) is 16.8 Å². The highest BCUT2D eigenvalue weighted by Gasteiger charge is 2.23. The first-order chi connectivity index (χ1) is 10.7. The number of hydrogen-bond acceptors (Lipinski definition) is 2.